The van der Waals surface area contributed by atoms with Crippen molar-refractivity contribution >= 4 is 0 Å². The Labute approximate surface area is 129 Å². The van der Waals surface area contributed by atoms with Gasteiger partial charge in [0.25, 0.3) is 0 Å². The average Bonchev–Trinajstić information content (AvgIpc) is 2.97. The van der Waals surface area contributed by atoms with Crippen LogP contribution in [0.2, 0.25) is 0 Å². The number of benzene rings is 1. The topological polar surface area (TPSA) is 9.23 Å². The van der Waals surface area contributed by atoms with Crippen molar-refractivity contribution in [1.82, 2.24) is 0 Å². The molecule has 1 heterocycles. The first kappa shape index (κ1) is 13.8. The summed E-state index contributed by atoms with van der Waals surface area (Å²) < 4.78 is 6.69. The highest BCUT2D eigenvalue weighted by atomic mass is 16.5. The molecule has 1 aromatic carbocycles. The van der Waals surface area contributed by atoms with Crippen molar-refractivity contribution in [2.75, 3.05) is 0 Å². The third-order valence-electron chi connectivity index (χ3n) is 6.33. The minimum Gasteiger partial charge on any atom is -0.365 e. The summed E-state index contributed by atoms with van der Waals surface area (Å²) in [7, 11) is 0. The maximum Gasteiger partial charge on any atom is 0.0995 e. The minimum absolute atomic E-state index is 0.0669. The molecule has 3 aliphatic rings. The molecule has 2 fully saturated rings. The van der Waals surface area contributed by atoms with Crippen LogP contribution in [-0.2, 0) is 16.9 Å². The van der Waals surface area contributed by atoms with E-state index in [0.717, 1.165) is 18.4 Å². The Morgan fingerprint density at radius 1 is 0.762 bits per heavy atom. The molecule has 0 atom stereocenters. The molecule has 1 aromatic rings. The second-order valence-corrected chi connectivity index (χ2v) is 7.41. The lowest BCUT2D eigenvalue weighted by Crippen LogP contribution is -2.44. The normalized spacial score (nSPS) is 26.7. The van der Waals surface area contributed by atoms with E-state index in [1.807, 2.05) is 0 Å². The predicted octanol–water partition coefficient (Wildman–Crippen LogP) is 5.57. The van der Waals surface area contributed by atoms with Crippen molar-refractivity contribution in [2.45, 2.75) is 76.4 Å². The molecule has 0 aromatic heterocycles. The molecule has 0 unspecified atom stereocenters. The largest absolute Gasteiger partial charge is 0.365 e. The van der Waals surface area contributed by atoms with Crippen molar-refractivity contribution in [3.63, 3.8) is 0 Å². The third kappa shape index (κ3) is 2.25. The van der Waals surface area contributed by atoms with Crippen molar-refractivity contribution in [3.8, 4) is 0 Å². The summed E-state index contributed by atoms with van der Waals surface area (Å²) in [5.74, 6) is 1.52. The Bertz CT molecular complexity index is 462. The van der Waals surface area contributed by atoms with Crippen molar-refractivity contribution in [2.24, 2.45) is 11.8 Å². The highest BCUT2D eigenvalue weighted by Gasteiger charge is 2.51. The van der Waals surface area contributed by atoms with Crippen LogP contribution in [0.5, 0.6) is 0 Å². The van der Waals surface area contributed by atoms with E-state index in [1.54, 1.807) is 5.56 Å². The highest BCUT2D eigenvalue weighted by Crippen LogP contribution is 2.55. The Morgan fingerprint density at radius 2 is 1.33 bits per heavy atom. The fraction of sp³-hybridized carbons (Fsp3) is 0.700. The maximum atomic E-state index is 6.69. The van der Waals surface area contributed by atoms with Gasteiger partial charge in [-0.05, 0) is 48.6 Å². The molecule has 0 amide bonds. The van der Waals surface area contributed by atoms with E-state index in [9.17, 15) is 0 Å². The SMILES string of the molecule is c1ccc2c(c1)COC2(C1CCCCC1)C1CCCCC1. The molecule has 1 heteroatoms. The van der Waals surface area contributed by atoms with E-state index < -0.39 is 0 Å². The summed E-state index contributed by atoms with van der Waals surface area (Å²) in [6.07, 6.45) is 14.0. The van der Waals surface area contributed by atoms with Gasteiger partial charge < -0.3 is 4.74 Å². The number of rotatable bonds is 2. The highest BCUT2D eigenvalue weighted by molar-refractivity contribution is 5.37. The van der Waals surface area contributed by atoms with Crippen LogP contribution < -0.4 is 0 Å². The molecule has 0 radical (unpaired) electrons. The van der Waals surface area contributed by atoms with Gasteiger partial charge in [0.05, 0.1) is 12.2 Å². The van der Waals surface area contributed by atoms with Gasteiger partial charge in [-0.3, -0.25) is 0 Å². The lowest BCUT2D eigenvalue weighted by molar-refractivity contribution is -0.140. The zero-order valence-corrected chi connectivity index (χ0v) is 13.2. The minimum atomic E-state index is 0.0669. The standard InChI is InChI=1S/C20H28O/c1-3-10-17(11-4-1)20(18-12-5-2-6-13-18)19-14-8-7-9-16(19)15-21-20/h7-9,14,17-18H,1-6,10-13,15H2. The second-order valence-electron chi connectivity index (χ2n) is 7.41. The summed E-state index contributed by atoms with van der Waals surface area (Å²) >= 11 is 0. The third-order valence-corrected chi connectivity index (χ3v) is 6.33. The lowest BCUT2D eigenvalue weighted by Gasteiger charge is -2.46. The summed E-state index contributed by atoms with van der Waals surface area (Å²) in [5, 5.41) is 0. The van der Waals surface area contributed by atoms with Gasteiger partial charge in [-0.2, -0.15) is 0 Å². The molecule has 2 aliphatic carbocycles. The van der Waals surface area contributed by atoms with E-state index in [-0.39, 0.29) is 5.60 Å². The van der Waals surface area contributed by atoms with Crippen LogP contribution in [0.1, 0.15) is 75.3 Å². The lowest BCUT2D eigenvalue weighted by atomic mass is 9.63. The Hall–Kier alpha value is -0.820. The predicted molar refractivity (Wildman–Crippen MR) is 86.1 cm³/mol. The molecular weight excluding hydrogens is 256 g/mol. The van der Waals surface area contributed by atoms with E-state index in [1.165, 1.54) is 69.8 Å². The van der Waals surface area contributed by atoms with Crippen LogP contribution in [0, 0.1) is 11.8 Å². The quantitative estimate of drug-likeness (QED) is 0.689. The van der Waals surface area contributed by atoms with Crippen molar-refractivity contribution in [1.29, 1.82) is 0 Å². The maximum absolute atomic E-state index is 6.69. The van der Waals surface area contributed by atoms with Crippen LogP contribution in [0.15, 0.2) is 24.3 Å². The molecule has 1 aliphatic heterocycles. The van der Waals surface area contributed by atoms with E-state index in [0.29, 0.717) is 0 Å². The Kier molecular flexibility index (Phi) is 3.79. The van der Waals surface area contributed by atoms with Crippen LogP contribution in [-0.4, -0.2) is 0 Å². The summed E-state index contributed by atoms with van der Waals surface area (Å²) in [4.78, 5) is 0. The van der Waals surface area contributed by atoms with Crippen LogP contribution in [0.25, 0.3) is 0 Å². The first-order valence-corrected chi connectivity index (χ1v) is 9.13. The van der Waals surface area contributed by atoms with Gasteiger partial charge >= 0.3 is 0 Å². The number of hydrogen-bond acceptors (Lipinski definition) is 1. The zero-order valence-electron chi connectivity index (χ0n) is 13.2. The van der Waals surface area contributed by atoms with Crippen LogP contribution in [0.4, 0.5) is 0 Å². The van der Waals surface area contributed by atoms with Crippen LogP contribution >= 0.6 is 0 Å². The fourth-order valence-electron chi connectivity index (χ4n) is 5.37. The molecule has 0 spiro atoms. The van der Waals surface area contributed by atoms with Crippen molar-refractivity contribution in [3.05, 3.63) is 35.4 Å². The molecular formula is C20H28O. The molecule has 1 nitrogen and oxygen atoms in total. The Balaban J connectivity index is 1.75. The summed E-state index contributed by atoms with van der Waals surface area (Å²) in [5.41, 5.74) is 3.09. The van der Waals surface area contributed by atoms with Gasteiger partial charge in [-0.15, -0.1) is 0 Å². The number of ether oxygens (including phenoxy) is 1. The van der Waals surface area contributed by atoms with Crippen molar-refractivity contribution < 1.29 is 4.74 Å². The van der Waals surface area contributed by atoms with Gasteiger partial charge in [-0.25, -0.2) is 0 Å². The Morgan fingerprint density at radius 3 is 1.95 bits per heavy atom. The monoisotopic (exact) mass is 284 g/mol. The van der Waals surface area contributed by atoms with E-state index >= 15 is 0 Å². The molecule has 0 N–H and O–H groups in total. The smallest absolute Gasteiger partial charge is 0.0995 e. The molecule has 0 saturated heterocycles. The van der Waals surface area contributed by atoms with E-state index in [4.69, 9.17) is 4.74 Å². The molecule has 2 saturated carbocycles. The summed E-state index contributed by atoms with van der Waals surface area (Å²) in [6.45, 7) is 0.850. The van der Waals surface area contributed by atoms with Gasteiger partial charge in [0, 0.05) is 0 Å². The van der Waals surface area contributed by atoms with Gasteiger partial charge in [0.2, 0.25) is 0 Å². The van der Waals surface area contributed by atoms with Gasteiger partial charge in [0.15, 0.2) is 0 Å². The molecule has 4 rings (SSSR count). The van der Waals surface area contributed by atoms with Gasteiger partial charge in [-0.1, -0.05) is 62.8 Å². The van der Waals surface area contributed by atoms with Crippen LogP contribution in [0.3, 0.4) is 0 Å². The van der Waals surface area contributed by atoms with E-state index in [2.05, 4.69) is 24.3 Å². The first-order valence-electron chi connectivity index (χ1n) is 9.13. The fourth-order valence-corrected chi connectivity index (χ4v) is 5.37. The molecule has 0 bridgehead atoms. The second kappa shape index (κ2) is 5.76. The molecule has 114 valence electrons. The first-order chi connectivity index (χ1) is 10.4. The number of fused-ring (bicyclic) bond motifs is 1. The summed E-state index contributed by atoms with van der Waals surface area (Å²) in [6, 6.07) is 9.09. The zero-order chi connectivity index (χ0) is 14.1. The average molecular weight is 284 g/mol. The van der Waals surface area contributed by atoms with Gasteiger partial charge in [0.1, 0.15) is 0 Å². The number of hydrogen-bond donors (Lipinski definition) is 0. The molecule has 21 heavy (non-hydrogen) atoms.